The van der Waals surface area contributed by atoms with Crippen LogP contribution in [0.3, 0.4) is 0 Å². The molecule has 2 unspecified atom stereocenters. The lowest BCUT2D eigenvalue weighted by molar-refractivity contribution is -0.205. The number of aliphatic hydroxyl groups excluding tert-OH is 1. The van der Waals surface area contributed by atoms with Gasteiger partial charge in [0.25, 0.3) is 0 Å². The number of aliphatic hydroxyl groups is 1. The minimum atomic E-state index is -1.30. The molecular formula is C24H44O6Si. The van der Waals surface area contributed by atoms with Crippen LogP contribution in [0.5, 0.6) is 0 Å². The smallest absolute Gasteiger partial charge is 0.303 e. The summed E-state index contributed by atoms with van der Waals surface area (Å²) in [6.45, 7) is 11.8. The summed E-state index contributed by atoms with van der Waals surface area (Å²) in [4.78, 5) is 10.7. The highest BCUT2D eigenvalue weighted by Crippen LogP contribution is 2.46. The molecule has 0 bridgehead atoms. The van der Waals surface area contributed by atoms with E-state index in [0.717, 1.165) is 38.7 Å². The summed E-state index contributed by atoms with van der Waals surface area (Å²) in [6.07, 6.45) is 9.50. The molecule has 7 heteroatoms. The minimum Gasteiger partial charge on any atom is -0.481 e. The predicted octanol–water partition coefficient (Wildman–Crippen LogP) is 4.51. The zero-order chi connectivity index (χ0) is 23.0. The first-order chi connectivity index (χ1) is 14.6. The minimum absolute atomic E-state index is 0.00955. The van der Waals surface area contributed by atoms with Gasteiger partial charge < -0.3 is 24.1 Å². The van der Waals surface area contributed by atoms with Crippen molar-refractivity contribution in [3.05, 3.63) is 12.2 Å². The Morgan fingerprint density at radius 3 is 2.58 bits per heavy atom. The standard InChI is InChI=1S/C24H44O6Si/c1-24(2,3)23(30-31(4)5)22-17(12-8-6-7-9-13-20(26)27)18(25)16-19(22)29-21-14-10-11-15-28-21/h6,8,17-19,21-23,25,31H,7,9-16H2,1-5H3,(H,26,27)/t17-,18-,19+,21?,22-,23?/m0/s1. The summed E-state index contributed by atoms with van der Waals surface area (Å²) in [5, 5.41) is 19.8. The van der Waals surface area contributed by atoms with Crippen molar-refractivity contribution < 1.29 is 28.9 Å². The number of aliphatic carboxylic acids is 1. The van der Waals surface area contributed by atoms with Crippen LogP contribution in [-0.4, -0.2) is 56.4 Å². The Balaban J connectivity index is 2.15. The van der Waals surface area contributed by atoms with E-state index in [2.05, 4.69) is 46.0 Å². The maximum atomic E-state index is 11.0. The van der Waals surface area contributed by atoms with Gasteiger partial charge in [0.15, 0.2) is 15.3 Å². The summed E-state index contributed by atoms with van der Waals surface area (Å²) in [6, 6.07) is 0. The van der Waals surface area contributed by atoms with Crippen LogP contribution in [-0.2, 0) is 18.7 Å². The van der Waals surface area contributed by atoms with E-state index in [4.69, 9.17) is 19.0 Å². The second-order valence-electron chi connectivity index (χ2n) is 10.5. The fourth-order valence-corrected chi connectivity index (χ4v) is 6.08. The third-order valence-corrected chi connectivity index (χ3v) is 7.15. The van der Waals surface area contributed by atoms with Crippen LogP contribution in [0, 0.1) is 17.3 Å². The third kappa shape index (κ3) is 8.61. The van der Waals surface area contributed by atoms with E-state index in [1.807, 2.05) is 0 Å². The van der Waals surface area contributed by atoms with Gasteiger partial charge in [0.1, 0.15) is 0 Å². The Morgan fingerprint density at radius 2 is 2.00 bits per heavy atom. The zero-order valence-electron chi connectivity index (χ0n) is 20.1. The van der Waals surface area contributed by atoms with E-state index in [0.29, 0.717) is 12.8 Å². The van der Waals surface area contributed by atoms with Crippen molar-refractivity contribution in [3.63, 3.8) is 0 Å². The second-order valence-corrected chi connectivity index (χ2v) is 12.8. The lowest BCUT2D eigenvalue weighted by Crippen LogP contribution is -2.46. The SMILES string of the molecule is C[SiH](C)OC([C@H]1[C@@H](CC=CCCCC(=O)O)[C@@H](O)C[C@H]1OC1CCCCO1)C(C)(C)C. The zero-order valence-corrected chi connectivity index (χ0v) is 21.2. The molecule has 1 saturated carbocycles. The molecule has 180 valence electrons. The summed E-state index contributed by atoms with van der Waals surface area (Å²) in [5.41, 5.74) is -0.0650. The quantitative estimate of drug-likeness (QED) is 0.270. The van der Waals surface area contributed by atoms with Gasteiger partial charge in [0.2, 0.25) is 0 Å². The van der Waals surface area contributed by atoms with Crippen LogP contribution < -0.4 is 0 Å². The molecule has 0 aromatic heterocycles. The van der Waals surface area contributed by atoms with Gasteiger partial charge >= 0.3 is 5.97 Å². The Labute approximate surface area is 190 Å². The number of carbonyl (C=O) groups is 1. The van der Waals surface area contributed by atoms with Crippen molar-refractivity contribution in [3.8, 4) is 0 Å². The van der Waals surface area contributed by atoms with Gasteiger partial charge in [-0.3, -0.25) is 4.79 Å². The number of ether oxygens (including phenoxy) is 2. The van der Waals surface area contributed by atoms with Crippen LogP contribution in [0.15, 0.2) is 12.2 Å². The molecule has 2 rings (SSSR count). The normalized spacial score (nSPS) is 30.9. The first-order valence-corrected chi connectivity index (χ1v) is 14.8. The molecule has 1 saturated heterocycles. The number of hydrogen-bond acceptors (Lipinski definition) is 5. The fraction of sp³-hybridized carbons (Fsp3) is 0.875. The van der Waals surface area contributed by atoms with E-state index < -0.39 is 21.1 Å². The third-order valence-electron chi connectivity index (χ3n) is 6.31. The van der Waals surface area contributed by atoms with Gasteiger partial charge in [-0.2, -0.15) is 0 Å². The highest BCUT2D eigenvalue weighted by Gasteiger charge is 2.50. The summed E-state index contributed by atoms with van der Waals surface area (Å²) < 4.78 is 18.9. The monoisotopic (exact) mass is 456 g/mol. The molecule has 6 nitrogen and oxygen atoms in total. The first-order valence-electron chi connectivity index (χ1n) is 12.1. The van der Waals surface area contributed by atoms with Crippen molar-refractivity contribution in [1.82, 2.24) is 0 Å². The van der Waals surface area contributed by atoms with Crippen molar-refractivity contribution in [1.29, 1.82) is 0 Å². The number of hydrogen-bond donors (Lipinski definition) is 2. The molecule has 1 aliphatic carbocycles. The highest BCUT2D eigenvalue weighted by molar-refractivity contribution is 6.48. The molecule has 2 N–H and O–H groups in total. The molecular weight excluding hydrogens is 412 g/mol. The van der Waals surface area contributed by atoms with Crippen LogP contribution >= 0.6 is 0 Å². The Kier molecular flexibility index (Phi) is 10.7. The molecule has 31 heavy (non-hydrogen) atoms. The van der Waals surface area contributed by atoms with Crippen LogP contribution in [0.2, 0.25) is 13.1 Å². The highest BCUT2D eigenvalue weighted by atomic mass is 28.3. The molecule has 0 radical (unpaired) electrons. The van der Waals surface area contributed by atoms with E-state index >= 15 is 0 Å². The predicted molar refractivity (Wildman–Crippen MR) is 125 cm³/mol. The largest absolute Gasteiger partial charge is 0.481 e. The first kappa shape index (κ1) is 26.5. The molecule has 0 spiro atoms. The van der Waals surface area contributed by atoms with Gasteiger partial charge in [-0.1, -0.05) is 32.9 Å². The van der Waals surface area contributed by atoms with Gasteiger partial charge in [0, 0.05) is 25.4 Å². The average molecular weight is 457 g/mol. The Bertz CT molecular complexity index is 567. The van der Waals surface area contributed by atoms with Crippen molar-refractivity contribution >= 4 is 15.0 Å². The van der Waals surface area contributed by atoms with E-state index in [9.17, 15) is 9.90 Å². The van der Waals surface area contributed by atoms with E-state index in [-0.39, 0.29) is 42.2 Å². The Morgan fingerprint density at radius 1 is 1.26 bits per heavy atom. The number of rotatable bonds is 11. The van der Waals surface area contributed by atoms with E-state index in [1.165, 1.54) is 0 Å². The molecule has 2 aliphatic rings. The summed E-state index contributed by atoms with van der Waals surface area (Å²) in [5.74, 6) is -0.604. The topological polar surface area (TPSA) is 85.2 Å². The molecule has 6 atom stereocenters. The number of carboxylic acids is 1. The number of unbranched alkanes of at least 4 members (excludes halogenated alkanes) is 1. The number of allylic oxidation sites excluding steroid dienone is 2. The van der Waals surface area contributed by atoms with Gasteiger partial charge in [-0.25, -0.2) is 0 Å². The second kappa shape index (κ2) is 12.5. The van der Waals surface area contributed by atoms with Crippen LogP contribution in [0.1, 0.15) is 72.1 Å². The van der Waals surface area contributed by atoms with Crippen molar-refractivity contribution in [2.24, 2.45) is 17.3 Å². The molecule has 2 fully saturated rings. The van der Waals surface area contributed by atoms with Gasteiger partial charge in [-0.15, -0.1) is 0 Å². The van der Waals surface area contributed by atoms with Crippen molar-refractivity contribution in [2.45, 2.75) is 110 Å². The van der Waals surface area contributed by atoms with Gasteiger partial charge in [-0.05, 0) is 63.0 Å². The number of carboxylic acid groups (broad SMARTS) is 1. The lowest BCUT2D eigenvalue weighted by atomic mass is 9.75. The maximum Gasteiger partial charge on any atom is 0.303 e. The maximum absolute atomic E-state index is 11.0. The van der Waals surface area contributed by atoms with Crippen molar-refractivity contribution in [2.75, 3.05) is 6.61 Å². The summed E-state index contributed by atoms with van der Waals surface area (Å²) in [7, 11) is -1.30. The van der Waals surface area contributed by atoms with Gasteiger partial charge in [0.05, 0.1) is 18.3 Å². The van der Waals surface area contributed by atoms with Crippen LogP contribution in [0.25, 0.3) is 0 Å². The molecule has 0 aromatic rings. The van der Waals surface area contributed by atoms with E-state index in [1.54, 1.807) is 0 Å². The molecule has 0 amide bonds. The molecule has 1 aliphatic heterocycles. The Hall–Kier alpha value is -0.733. The molecule has 1 heterocycles. The molecule has 0 aromatic carbocycles. The summed E-state index contributed by atoms with van der Waals surface area (Å²) >= 11 is 0. The van der Waals surface area contributed by atoms with Crippen LogP contribution in [0.4, 0.5) is 0 Å². The lowest BCUT2D eigenvalue weighted by Gasteiger charge is -2.42. The average Bonchev–Trinajstić information content (AvgIpc) is 2.96. The fourth-order valence-electron chi connectivity index (χ4n) is 4.90.